The zero-order valence-corrected chi connectivity index (χ0v) is 21.9. The molecule has 1 unspecified atom stereocenters. The summed E-state index contributed by atoms with van der Waals surface area (Å²) >= 11 is 0. The van der Waals surface area contributed by atoms with Crippen LogP contribution in [0.5, 0.6) is 0 Å². The van der Waals surface area contributed by atoms with Gasteiger partial charge in [-0.2, -0.15) is 0 Å². The van der Waals surface area contributed by atoms with Gasteiger partial charge >= 0.3 is 5.97 Å². The van der Waals surface area contributed by atoms with Gasteiger partial charge in [-0.3, -0.25) is 14.4 Å². The first kappa shape index (κ1) is 26.9. The summed E-state index contributed by atoms with van der Waals surface area (Å²) in [6.45, 7) is 7.19. The molecule has 0 aromatic heterocycles. The minimum atomic E-state index is -1.28. The first-order chi connectivity index (χ1) is 17.4. The lowest BCUT2D eigenvalue weighted by atomic mass is 9.78. The SMILES string of the molecule is CCCCCN1CC=C[C@]23O[C@@H]4/C=C\CCCCOC(=O)[C@@H]4[C@H]2C(=O)N([C@@H](CO)[C@@H](C)CC)C3C1=O. The van der Waals surface area contributed by atoms with Crippen LogP contribution < -0.4 is 0 Å². The summed E-state index contributed by atoms with van der Waals surface area (Å²) in [6, 6.07) is -1.48. The Balaban J connectivity index is 1.80. The number of hydrogen-bond acceptors (Lipinski definition) is 6. The highest BCUT2D eigenvalue weighted by Gasteiger charge is 2.72. The third kappa shape index (κ3) is 4.62. The summed E-state index contributed by atoms with van der Waals surface area (Å²) in [5.74, 6) is -2.67. The molecule has 2 amide bonds. The highest BCUT2D eigenvalue weighted by Crippen LogP contribution is 2.54. The molecule has 0 aromatic carbocycles. The maximum absolute atomic E-state index is 14.2. The number of rotatable bonds is 8. The number of nitrogens with zero attached hydrogens (tertiary/aromatic N) is 2. The van der Waals surface area contributed by atoms with E-state index in [-0.39, 0.29) is 24.3 Å². The fourth-order valence-corrected chi connectivity index (χ4v) is 6.33. The Bertz CT molecular complexity index is 887. The number of esters is 1. The summed E-state index contributed by atoms with van der Waals surface area (Å²) in [7, 11) is 0. The number of carbonyl (C=O) groups is 3. The Hall–Kier alpha value is -2.19. The van der Waals surface area contributed by atoms with Gasteiger partial charge in [0.15, 0.2) is 0 Å². The van der Waals surface area contributed by atoms with Crippen LogP contribution in [0.4, 0.5) is 0 Å². The van der Waals surface area contributed by atoms with Gasteiger partial charge in [-0.1, -0.05) is 64.3 Å². The average Bonchev–Trinajstić information content (AvgIpc) is 3.26. The fourth-order valence-electron chi connectivity index (χ4n) is 6.33. The maximum atomic E-state index is 14.2. The fraction of sp³-hybridized carbons (Fsp3) is 0.750. The number of aliphatic hydroxyl groups is 1. The standard InChI is InChI=1S/C28H42N2O6/c1-4-6-10-15-29-16-12-14-28-23(22-21(36-28)13-9-7-8-11-17-35-27(22)34)25(32)30(24(28)26(29)33)20(18-31)19(3)5-2/h9,12-14,19-24,31H,4-8,10-11,15-18H2,1-3H3/b13-9-/t19-,20-,21+,22-,23-,24?,28-/m0/s1. The predicted octanol–water partition coefficient (Wildman–Crippen LogP) is 2.85. The molecule has 4 aliphatic heterocycles. The van der Waals surface area contributed by atoms with E-state index in [1.165, 1.54) is 0 Å². The van der Waals surface area contributed by atoms with Crippen LogP contribution in [0.15, 0.2) is 24.3 Å². The smallest absolute Gasteiger partial charge is 0.312 e. The van der Waals surface area contributed by atoms with E-state index in [0.29, 0.717) is 19.7 Å². The number of cyclic esters (lactones) is 1. The number of amides is 2. The second kappa shape index (κ2) is 11.5. The van der Waals surface area contributed by atoms with E-state index in [2.05, 4.69) is 6.92 Å². The molecule has 1 N–H and O–H groups in total. The lowest BCUT2D eigenvalue weighted by Crippen LogP contribution is -2.59. The van der Waals surface area contributed by atoms with Crippen molar-refractivity contribution in [1.82, 2.24) is 9.80 Å². The van der Waals surface area contributed by atoms with Crippen molar-refractivity contribution >= 4 is 17.8 Å². The predicted molar refractivity (Wildman–Crippen MR) is 135 cm³/mol. The van der Waals surface area contributed by atoms with Crippen LogP contribution in [-0.2, 0) is 23.9 Å². The molecule has 200 valence electrons. The van der Waals surface area contributed by atoms with E-state index >= 15 is 0 Å². The van der Waals surface area contributed by atoms with Gasteiger partial charge in [0.05, 0.1) is 31.3 Å². The van der Waals surface area contributed by atoms with E-state index in [1.54, 1.807) is 9.80 Å². The highest BCUT2D eigenvalue weighted by molar-refractivity contribution is 5.99. The van der Waals surface area contributed by atoms with Crippen LogP contribution in [0.2, 0.25) is 0 Å². The topological polar surface area (TPSA) is 96.4 Å². The molecule has 0 saturated carbocycles. The summed E-state index contributed by atoms with van der Waals surface area (Å²) in [5, 5.41) is 10.4. The number of ether oxygens (including phenoxy) is 2. The van der Waals surface area contributed by atoms with Gasteiger partial charge in [0.1, 0.15) is 17.6 Å². The maximum Gasteiger partial charge on any atom is 0.312 e. The normalized spacial score (nSPS) is 34.9. The molecule has 0 aliphatic carbocycles. The second-order valence-electron chi connectivity index (χ2n) is 10.7. The number of aliphatic hydroxyl groups excluding tert-OH is 1. The van der Waals surface area contributed by atoms with Crippen molar-refractivity contribution in [1.29, 1.82) is 0 Å². The molecule has 8 nitrogen and oxygen atoms in total. The lowest BCUT2D eigenvalue weighted by Gasteiger charge is -2.40. The van der Waals surface area contributed by atoms with Crippen LogP contribution in [0.25, 0.3) is 0 Å². The Morgan fingerprint density at radius 3 is 2.67 bits per heavy atom. The molecule has 36 heavy (non-hydrogen) atoms. The van der Waals surface area contributed by atoms with Crippen LogP contribution >= 0.6 is 0 Å². The van der Waals surface area contributed by atoms with Crippen LogP contribution in [0.3, 0.4) is 0 Å². The third-order valence-electron chi connectivity index (χ3n) is 8.50. The van der Waals surface area contributed by atoms with Crippen molar-refractivity contribution in [2.24, 2.45) is 17.8 Å². The van der Waals surface area contributed by atoms with Crippen LogP contribution in [0.1, 0.15) is 65.7 Å². The van der Waals surface area contributed by atoms with Crippen molar-refractivity contribution in [3.05, 3.63) is 24.3 Å². The quantitative estimate of drug-likeness (QED) is 0.312. The molecular weight excluding hydrogens is 460 g/mol. The molecule has 0 bridgehead atoms. The first-order valence-electron chi connectivity index (χ1n) is 13.8. The number of fused-ring (bicyclic) bond motifs is 2. The minimum Gasteiger partial charge on any atom is -0.465 e. The summed E-state index contributed by atoms with van der Waals surface area (Å²) in [5.41, 5.74) is -1.28. The molecule has 1 spiro atoms. The van der Waals surface area contributed by atoms with Gasteiger partial charge in [-0.05, 0) is 31.6 Å². The first-order valence-corrected chi connectivity index (χ1v) is 13.8. The van der Waals surface area contributed by atoms with E-state index in [9.17, 15) is 19.5 Å². The zero-order valence-electron chi connectivity index (χ0n) is 21.9. The Labute approximate surface area is 214 Å². The van der Waals surface area contributed by atoms with Gasteiger partial charge < -0.3 is 24.4 Å². The van der Waals surface area contributed by atoms with Gasteiger partial charge in [-0.25, -0.2) is 0 Å². The molecule has 0 radical (unpaired) electrons. The molecule has 4 rings (SSSR count). The molecule has 2 saturated heterocycles. The monoisotopic (exact) mass is 502 g/mol. The van der Waals surface area contributed by atoms with Gasteiger partial charge in [-0.15, -0.1) is 0 Å². The molecule has 8 heteroatoms. The number of likely N-dealkylation sites (tertiary alicyclic amines) is 1. The van der Waals surface area contributed by atoms with E-state index in [0.717, 1.165) is 44.9 Å². The summed E-state index contributed by atoms with van der Waals surface area (Å²) < 4.78 is 12.3. The Morgan fingerprint density at radius 2 is 1.94 bits per heavy atom. The Morgan fingerprint density at radius 1 is 1.14 bits per heavy atom. The number of carbonyl (C=O) groups excluding carboxylic acids is 3. The summed E-state index contributed by atoms with van der Waals surface area (Å²) in [4.78, 5) is 45.1. The number of hydrogen-bond donors (Lipinski definition) is 1. The number of unbranched alkanes of at least 4 members (excludes halogenated alkanes) is 2. The molecule has 4 aliphatic rings. The highest BCUT2D eigenvalue weighted by atomic mass is 16.6. The second-order valence-corrected chi connectivity index (χ2v) is 10.7. The van der Waals surface area contributed by atoms with E-state index in [1.807, 2.05) is 38.2 Å². The van der Waals surface area contributed by atoms with Crippen molar-refractivity contribution < 1.29 is 29.0 Å². The minimum absolute atomic E-state index is 0.0323. The van der Waals surface area contributed by atoms with Crippen molar-refractivity contribution in [3.63, 3.8) is 0 Å². The average molecular weight is 503 g/mol. The van der Waals surface area contributed by atoms with Crippen LogP contribution in [0, 0.1) is 17.8 Å². The van der Waals surface area contributed by atoms with Crippen molar-refractivity contribution in [2.75, 3.05) is 26.3 Å². The number of allylic oxidation sites excluding steroid dienone is 1. The molecule has 0 aromatic rings. The van der Waals surface area contributed by atoms with E-state index < -0.39 is 41.6 Å². The molecule has 7 atom stereocenters. The molecule has 4 heterocycles. The molecular formula is C28H42N2O6. The van der Waals surface area contributed by atoms with E-state index in [4.69, 9.17) is 9.47 Å². The van der Waals surface area contributed by atoms with Gasteiger partial charge in [0, 0.05) is 13.1 Å². The lowest BCUT2D eigenvalue weighted by molar-refractivity contribution is -0.157. The zero-order chi connectivity index (χ0) is 25.9. The van der Waals surface area contributed by atoms with Gasteiger partial charge in [0.25, 0.3) is 0 Å². The van der Waals surface area contributed by atoms with Gasteiger partial charge in [0.2, 0.25) is 11.8 Å². The molecule has 2 fully saturated rings. The third-order valence-corrected chi connectivity index (χ3v) is 8.50. The van der Waals surface area contributed by atoms with Crippen molar-refractivity contribution in [3.8, 4) is 0 Å². The van der Waals surface area contributed by atoms with Crippen LogP contribution in [-0.4, -0.2) is 82.8 Å². The van der Waals surface area contributed by atoms with Crippen molar-refractivity contribution in [2.45, 2.75) is 89.5 Å². The Kier molecular flexibility index (Phi) is 8.56. The largest absolute Gasteiger partial charge is 0.465 e. The summed E-state index contributed by atoms with van der Waals surface area (Å²) in [6.07, 6.45) is 13.2.